The van der Waals surface area contributed by atoms with Crippen LogP contribution in [0.3, 0.4) is 0 Å². The molecule has 1 aliphatic heterocycles. The Hall–Kier alpha value is -1.88. The number of rotatable bonds is 4. The highest BCUT2D eigenvalue weighted by Gasteiger charge is 2.39. The summed E-state index contributed by atoms with van der Waals surface area (Å²) in [5.41, 5.74) is 7.38. The highest BCUT2D eigenvalue weighted by Crippen LogP contribution is 2.38. The van der Waals surface area contributed by atoms with Crippen molar-refractivity contribution in [3.05, 3.63) is 29.8 Å². The van der Waals surface area contributed by atoms with E-state index in [1.54, 1.807) is 6.07 Å². The third kappa shape index (κ3) is 3.61. The van der Waals surface area contributed by atoms with Crippen LogP contribution in [-0.2, 0) is 4.79 Å². The first-order chi connectivity index (χ1) is 11.5. The van der Waals surface area contributed by atoms with Crippen molar-refractivity contribution in [1.82, 2.24) is 4.90 Å². The van der Waals surface area contributed by atoms with Gasteiger partial charge in [0.15, 0.2) is 0 Å². The molecular formula is C19H27N3O2. The molecule has 0 aromatic heterocycles. The minimum atomic E-state index is -0.0338. The van der Waals surface area contributed by atoms with Crippen molar-refractivity contribution in [2.24, 2.45) is 17.6 Å². The molecule has 1 heterocycles. The summed E-state index contributed by atoms with van der Waals surface area (Å²) in [5, 5.41) is 2.93. The van der Waals surface area contributed by atoms with E-state index >= 15 is 0 Å². The van der Waals surface area contributed by atoms with Gasteiger partial charge in [-0.1, -0.05) is 13.0 Å². The summed E-state index contributed by atoms with van der Waals surface area (Å²) in [7, 11) is 0. The Kier molecular flexibility index (Phi) is 4.90. The van der Waals surface area contributed by atoms with Gasteiger partial charge >= 0.3 is 0 Å². The fraction of sp³-hybridized carbons (Fsp3) is 0.579. The molecular weight excluding hydrogens is 302 g/mol. The Morgan fingerprint density at radius 3 is 2.75 bits per heavy atom. The number of piperidine rings is 1. The fourth-order valence-corrected chi connectivity index (χ4v) is 3.57. The van der Waals surface area contributed by atoms with Gasteiger partial charge in [0, 0.05) is 35.8 Å². The summed E-state index contributed by atoms with van der Waals surface area (Å²) >= 11 is 0. The zero-order valence-electron chi connectivity index (χ0n) is 14.5. The van der Waals surface area contributed by atoms with Gasteiger partial charge in [0.1, 0.15) is 0 Å². The van der Waals surface area contributed by atoms with E-state index in [0.29, 0.717) is 17.2 Å². The summed E-state index contributed by atoms with van der Waals surface area (Å²) in [6, 6.07) is 7.31. The van der Waals surface area contributed by atoms with Crippen LogP contribution in [0.2, 0.25) is 0 Å². The number of anilines is 1. The van der Waals surface area contributed by atoms with Crippen LogP contribution >= 0.6 is 0 Å². The molecule has 130 valence electrons. The average Bonchev–Trinajstić information content (AvgIpc) is 3.31. The minimum Gasteiger partial charge on any atom is -0.334 e. The molecule has 0 bridgehead atoms. The molecule has 1 aromatic carbocycles. The van der Waals surface area contributed by atoms with Gasteiger partial charge in [-0.05, 0) is 56.7 Å². The van der Waals surface area contributed by atoms with E-state index in [0.717, 1.165) is 32.2 Å². The molecule has 0 radical (unpaired) electrons. The SMILES string of the molecule is CC(N)C1CCCCN1C(=O)c1cccc(NC(=O)C2CC2C)c1. The molecule has 5 nitrogen and oxygen atoms in total. The molecule has 1 aliphatic carbocycles. The van der Waals surface area contributed by atoms with Gasteiger partial charge in [-0.3, -0.25) is 9.59 Å². The van der Waals surface area contributed by atoms with Crippen LogP contribution in [0, 0.1) is 11.8 Å². The van der Waals surface area contributed by atoms with E-state index in [-0.39, 0.29) is 29.8 Å². The first-order valence-corrected chi connectivity index (χ1v) is 8.95. The van der Waals surface area contributed by atoms with Crippen molar-refractivity contribution in [1.29, 1.82) is 0 Å². The molecule has 1 saturated carbocycles. The lowest BCUT2D eigenvalue weighted by Gasteiger charge is -2.38. The predicted molar refractivity (Wildman–Crippen MR) is 94.7 cm³/mol. The lowest BCUT2D eigenvalue weighted by atomic mass is 9.96. The van der Waals surface area contributed by atoms with E-state index in [4.69, 9.17) is 5.73 Å². The monoisotopic (exact) mass is 329 g/mol. The number of carbonyl (C=O) groups is 2. The summed E-state index contributed by atoms with van der Waals surface area (Å²) in [4.78, 5) is 26.9. The smallest absolute Gasteiger partial charge is 0.254 e. The highest BCUT2D eigenvalue weighted by atomic mass is 16.2. The number of hydrogen-bond donors (Lipinski definition) is 2. The number of likely N-dealkylation sites (tertiary alicyclic amines) is 1. The van der Waals surface area contributed by atoms with E-state index in [9.17, 15) is 9.59 Å². The number of nitrogens with zero attached hydrogens (tertiary/aromatic N) is 1. The van der Waals surface area contributed by atoms with E-state index in [1.807, 2.05) is 30.0 Å². The minimum absolute atomic E-state index is 0.00730. The fourth-order valence-electron chi connectivity index (χ4n) is 3.57. The van der Waals surface area contributed by atoms with Crippen LogP contribution < -0.4 is 11.1 Å². The molecule has 0 spiro atoms. The molecule has 1 saturated heterocycles. The predicted octanol–water partition coefficient (Wildman–Crippen LogP) is 2.62. The number of amides is 2. The van der Waals surface area contributed by atoms with Crippen molar-refractivity contribution in [3.8, 4) is 0 Å². The Bertz CT molecular complexity index is 629. The molecule has 3 N–H and O–H groups in total. The first-order valence-electron chi connectivity index (χ1n) is 8.95. The molecule has 2 fully saturated rings. The molecule has 4 unspecified atom stereocenters. The van der Waals surface area contributed by atoms with E-state index in [2.05, 4.69) is 12.2 Å². The third-order valence-corrected chi connectivity index (χ3v) is 5.24. The van der Waals surface area contributed by atoms with Gasteiger partial charge in [0.05, 0.1) is 0 Å². The molecule has 4 atom stereocenters. The van der Waals surface area contributed by atoms with Gasteiger partial charge in [-0.2, -0.15) is 0 Å². The zero-order chi connectivity index (χ0) is 17.3. The first kappa shape index (κ1) is 17.0. The van der Waals surface area contributed by atoms with E-state index in [1.165, 1.54) is 0 Å². The summed E-state index contributed by atoms with van der Waals surface area (Å²) in [5.74, 6) is 0.648. The molecule has 24 heavy (non-hydrogen) atoms. The number of hydrogen-bond acceptors (Lipinski definition) is 3. The largest absolute Gasteiger partial charge is 0.334 e. The van der Waals surface area contributed by atoms with Gasteiger partial charge in [-0.15, -0.1) is 0 Å². The van der Waals surface area contributed by atoms with E-state index < -0.39 is 0 Å². The highest BCUT2D eigenvalue weighted by molar-refractivity contribution is 5.98. The van der Waals surface area contributed by atoms with Crippen molar-refractivity contribution in [2.75, 3.05) is 11.9 Å². The third-order valence-electron chi connectivity index (χ3n) is 5.24. The number of benzene rings is 1. The quantitative estimate of drug-likeness (QED) is 0.891. The maximum atomic E-state index is 12.9. The maximum Gasteiger partial charge on any atom is 0.254 e. The second-order valence-electron chi connectivity index (χ2n) is 7.31. The van der Waals surface area contributed by atoms with Crippen LogP contribution in [0.1, 0.15) is 49.9 Å². The summed E-state index contributed by atoms with van der Waals surface area (Å²) in [6.45, 7) is 4.79. The Morgan fingerprint density at radius 1 is 1.33 bits per heavy atom. The van der Waals surface area contributed by atoms with Crippen LogP contribution in [0.25, 0.3) is 0 Å². The zero-order valence-corrected chi connectivity index (χ0v) is 14.5. The normalized spacial score (nSPS) is 27.5. The Morgan fingerprint density at radius 2 is 2.08 bits per heavy atom. The molecule has 2 aliphatic rings. The van der Waals surface area contributed by atoms with Gasteiger partial charge < -0.3 is 16.0 Å². The van der Waals surface area contributed by atoms with Crippen molar-refractivity contribution in [3.63, 3.8) is 0 Å². The molecule has 5 heteroatoms. The number of nitrogens with two attached hydrogens (primary N) is 1. The maximum absolute atomic E-state index is 12.9. The van der Waals surface area contributed by atoms with Crippen LogP contribution in [0.5, 0.6) is 0 Å². The molecule has 1 aromatic rings. The van der Waals surface area contributed by atoms with Crippen LogP contribution in [-0.4, -0.2) is 35.3 Å². The van der Waals surface area contributed by atoms with Crippen LogP contribution in [0.15, 0.2) is 24.3 Å². The molecule has 3 rings (SSSR count). The number of carbonyl (C=O) groups excluding carboxylic acids is 2. The topological polar surface area (TPSA) is 75.4 Å². The van der Waals surface area contributed by atoms with Gasteiger partial charge in [0.2, 0.25) is 5.91 Å². The second-order valence-corrected chi connectivity index (χ2v) is 7.31. The lowest BCUT2D eigenvalue weighted by molar-refractivity contribution is -0.117. The molecule has 2 amide bonds. The number of nitrogens with one attached hydrogen (secondary N) is 1. The second kappa shape index (κ2) is 6.93. The standard InChI is InChI=1S/C19H27N3O2/c1-12-10-16(12)18(23)21-15-7-5-6-14(11-15)19(24)22-9-4-3-8-17(22)13(2)20/h5-7,11-13,16-17H,3-4,8-10,20H2,1-2H3,(H,21,23). The van der Waals surface area contributed by atoms with Gasteiger partial charge in [-0.25, -0.2) is 0 Å². The average molecular weight is 329 g/mol. The summed E-state index contributed by atoms with van der Waals surface area (Å²) in [6.07, 6.45) is 4.05. The van der Waals surface area contributed by atoms with Crippen molar-refractivity contribution >= 4 is 17.5 Å². The summed E-state index contributed by atoms with van der Waals surface area (Å²) < 4.78 is 0. The Labute approximate surface area is 143 Å². The van der Waals surface area contributed by atoms with Crippen molar-refractivity contribution < 1.29 is 9.59 Å². The Balaban J connectivity index is 1.72. The van der Waals surface area contributed by atoms with Gasteiger partial charge in [0.25, 0.3) is 5.91 Å². The lowest BCUT2D eigenvalue weighted by Crippen LogP contribution is -2.51. The van der Waals surface area contributed by atoms with Crippen molar-refractivity contribution in [2.45, 2.75) is 51.6 Å². The van der Waals surface area contributed by atoms with Crippen LogP contribution in [0.4, 0.5) is 5.69 Å².